The fourth-order valence-corrected chi connectivity index (χ4v) is 1.22. The van der Waals surface area contributed by atoms with E-state index in [-0.39, 0.29) is 11.8 Å². The van der Waals surface area contributed by atoms with Crippen LogP contribution in [0.1, 0.15) is 22.8 Å². The Kier molecular flexibility index (Phi) is 3.03. The Morgan fingerprint density at radius 3 is 2.85 bits per heavy atom. The maximum atomic E-state index is 10.6. The number of hydrogen-bond donors (Lipinski definition) is 2. The van der Waals surface area contributed by atoms with Crippen molar-refractivity contribution in [1.29, 1.82) is 0 Å². The van der Waals surface area contributed by atoms with Crippen LogP contribution in [-0.2, 0) is 6.42 Å². The third kappa shape index (κ3) is 2.56. The third-order valence-electron chi connectivity index (χ3n) is 1.80. The summed E-state index contributed by atoms with van der Waals surface area (Å²) < 4.78 is 0. The molecule has 1 rings (SSSR count). The van der Waals surface area contributed by atoms with Crippen molar-refractivity contribution in [3.63, 3.8) is 0 Å². The molecule has 0 fully saturated rings. The standard InChI is InChI=1S/C10H13NO2/c1-7(11)4-8-2-3-10(13)5-9(8)6-12/h2-3,5-7,13H,4,11H2,1H3. The van der Waals surface area contributed by atoms with Gasteiger partial charge in [0.15, 0.2) is 0 Å². The van der Waals surface area contributed by atoms with Crippen LogP contribution < -0.4 is 5.73 Å². The second-order valence-electron chi connectivity index (χ2n) is 3.18. The molecule has 0 aliphatic carbocycles. The molecule has 3 heteroatoms. The molecule has 0 saturated heterocycles. The quantitative estimate of drug-likeness (QED) is 0.683. The molecule has 1 unspecified atom stereocenters. The van der Waals surface area contributed by atoms with Crippen LogP contribution in [0, 0.1) is 0 Å². The average molecular weight is 179 g/mol. The second kappa shape index (κ2) is 4.05. The number of carbonyl (C=O) groups is 1. The minimum Gasteiger partial charge on any atom is -0.508 e. The lowest BCUT2D eigenvalue weighted by Gasteiger charge is -2.07. The van der Waals surface area contributed by atoms with Crippen molar-refractivity contribution in [2.24, 2.45) is 5.73 Å². The number of aldehydes is 1. The van der Waals surface area contributed by atoms with Crippen molar-refractivity contribution < 1.29 is 9.90 Å². The summed E-state index contributed by atoms with van der Waals surface area (Å²) in [4.78, 5) is 10.6. The molecule has 0 amide bonds. The average Bonchev–Trinajstić information content (AvgIpc) is 2.07. The highest BCUT2D eigenvalue weighted by Gasteiger charge is 2.04. The van der Waals surface area contributed by atoms with Crippen molar-refractivity contribution in [3.05, 3.63) is 29.3 Å². The van der Waals surface area contributed by atoms with Crippen molar-refractivity contribution in [3.8, 4) is 5.75 Å². The first-order valence-corrected chi connectivity index (χ1v) is 4.16. The fourth-order valence-electron chi connectivity index (χ4n) is 1.22. The zero-order chi connectivity index (χ0) is 9.84. The molecule has 0 bridgehead atoms. The van der Waals surface area contributed by atoms with Crippen LogP contribution >= 0.6 is 0 Å². The van der Waals surface area contributed by atoms with Crippen LogP contribution in [0.2, 0.25) is 0 Å². The van der Waals surface area contributed by atoms with Gasteiger partial charge in [-0.15, -0.1) is 0 Å². The molecule has 1 aromatic rings. The lowest BCUT2D eigenvalue weighted by Crippen LogP contribution is -2.18. The normalized spacial score (nSPS) is 12.5. The van der Waals surface area contributed by atoms with Gasteiger partial charge in [0.2, 0.25) is 0 Å². The summed E-state index contributed by atoms with van der Waals surface area (Å²) in [6.07, 6.45) is 1.38. The molecule has 0 heterocycles. The van der Waals surface area contributed by atoms with Crippen molar-refractivity contribution in [2.75, 3.05) is 0 Å². The van der Waals surface area contributed by atoms with E-state index in [0.29, 0.717) is 12.0 Å². The number of benzene rings is 1. The van der Waals surface area contributed by atoms with E-state index >= 15 is 0 Å². The molecule has 0 aliphatic heterocycles. The molecule has 0 saturated carbocycles. The Morgan fingerprint density at radius 1 is 1.62 bits per heavy atom. The smallest absolute Gasteiger partial charge is 0.150 e. The topological polar surface area (TPSA) is 63.3 Å². The number of phenols is 1. The summed E-state index contributed by atoms with van der Waals surface area (Å²) in [5.41, 5.74) is 7.00. The van der Waals surface area contributed by atoms with E-state index in [2.05, 4.69) is 0 Å². The summed E-state index contributed by atoms with van der Waals surface area (Å²) >= 11 is 0. The van der Waals surface area contributed by atoms with E-state index < -0.39 is 0 Å². The van der Waals surface area contributed by atoms with Crippen molar-refractivity contribution >= 4 is 6.29 Å². The lowest BCUT2D eigenvalue weighted by molar-refractivity contribution is 0.112. The summed E-state index contributed by atoms with van der Waals surface area (Å²) in [7, 11) is 0. The predicted octanol–water partition coefficient (Wildman–Crippen LogP) is 1.09. The Labute approximate surface area is 77.2 Å². The molecular weight excluding hydrogens is 166 g/mol. The first-order valence-electron chi connectivity index (χ1n) is 4.16. The van der Waals surface area contributed by atoms with Crippen LogP contribution in [0.3, 0.4) is 0 Å². The number of rotatable bonds is 3. The minimum absolute atomic E-state index is 0.0169. The van der Waals surface area contributed by atoms with Gasteiger partial charge in [0, 0.05) is 11.6 Å². The summed E-state index contributed by atoms with van der Waals surface area (Å²) in [5.74, 6) is 0.107. The van der Waals surface area contributed by atoms with E-state index in [0.717, 1.165) is 11.8 Å². The molecule has 0 aliphatic rings. The predicted molar refractivity (Wildman–Crippen MR) is 50.8 cm³/mol. The zero-order valence-electron chi connectivity index (χ0n) is 7.53. The first-order chi connectivity index (χ1) is 6.13. The Hall–Kier alpha value is -1.35. The molecular formula is C10H13NO2. The highest BCUT2D eigenvalue weighted by atomic mass is 16.3. The first kappa shape index (κ1) is 9.74. The highest BCUT2D eigenvalue weighted by Crippen LogP contribution is 2.16. The van der Waals surface area contributed by atoms with Crippen LogP contribution in [0.5, 0.6) is 5.75 Å². The van der Waals surface area contributed by atoms with E-state index in [1.165, 1.54) is 6.07 Å². The zero-order valence-corrected chi connectivity index (χ0v) is 7.53. The molecule has 0 aromatic heterocycles. The Balaban J connectivity index is 2.99. The molecule has 13 heavy (non-hydrogen) atoms. The molecule has 0 spiro atoms. The molecule has 3 N–H and O–H groups in total. The van der Waals surface area contributed by atoms with Gasteiger partial charge in [0.05, 0.1) is 0 Å². The van der Waals surface area contributed by atoms with Gasteiger partial charge in [-0.25, -0.2) is 0 Å². The lowest BCUT2D eigenvalue weighted by atomic mass is 10.0. The SMILES string of the molecule is CC(N)Cc1ccc(O)cc1C=O. The number of hydrogen-bond acceptors (Lipinski definition) is 3. The molecule has 1 atom stereocenters. The van der Waals surface area contributed by atoms with Crippen molar-refractivity contribution in [2.45, 2.75) is 19.4 Å². The van der Waals surface area contributed by atoms with Gasteiger partial charge < -0.3 is 10.8 Å². The summed E-state index contributed by atoms with van der Waals surface area (Å²) in [6.45, 7) is 1.88. The van der Waals surface area contributed by atoms with Gasteiger partial charge in [0.1, 0.15) is 12.0 Å². The maximum absolute atomic E-state index is 10.6. The second-order valence-corrected chi connectivity index (χ2v) is 3.18. The van der Waals surface area contributed by atoms with E-state index in [9.17, 15) is 4.79 Å². The Bertz CT molecular complexity index is 308. The number of nitrogens with two attached hydrogens (primary N) is 1. The summed E-state index contributed by atoms with van der Waals surface area (Å²) in [5, 5.41) is 9.11. The molecule has 1 aromatic carbocycles. The van der Waals surface area contributed by atoms with Crippen LogP contribution in [-0.4, -0.2) is 17.4 Å². The van der Waals surface area contributed by atoms with Crippen LogP contribution in [0.25, 0.3) is 0 Å². The van der Waals surface area contributed by atoms with Gasteiger partial charge in [0.25, 0.3) is 0 Å². The third-order valence-corrected chi connectivity index (χ3v) is 1.80. The number of carbonyl (C=O) groups excluding carboxylic acids is 1. The number of phenolic OH excluding ortho intramolecular Hbond substituents is 1. The Morgan fingerprint density at radius 2 is 2.31 bits per heavy atom. The van der Waals surface area contributed by atoms with Crippen molar-refractivity contribution in [1.82, 2.24) is 0 Å². The van der Waals surface area contributed by atoms with E-state index in [1.54, 1.807) is 12.1 Å². The van der Waals surface area contributed by atoms with Crippen LogP contribution in [0.15, 0.2) is 18.2 Å². The van der Waals surface area contributed by atoms with Gasteiger partial charge >= 0.3 is 0 Å². The monoisotopic (exact) mass is 179 g/mol. The van der Waals surface area contributed by atoms with E-state index in [1.807, 2.05) is 6.92 Å². The van der Waals surface area contributed by atoms with Gasteiger partial charge in [-0.1, -0.05) is 6.07 Å². The maximum Gasteiger partial charge on any atom is 0.150 e. The summed E-state index contributed by atoms with van der Waals surface area (Å²) in [6, 6.07) is 4.75. The largest absolute Gasteiger partial charge is 0.508 e. The van der Waals surface area contributed by atoms with Gasteiger partial charge in [-0.05, 0) is 31.0 Å². The minimum atomic E-state index is 0.0169. The fraction of sp³-hybridized carbons (Fsp3) is 0.300. The molecule has 0 radical (unpaired) electrons. The molecule has 70 valence electrons. The van der Waals surface area contributed by atoms with Gasteiger partial charge in [-0.2, -0.15) is 0 Å². The van der Waals surface area contributed by atoms with Gasteiger partial charge in [-0.3, -0.25) is 4.79 Å². The van der Waals surface area contributed by atoms with E-state index in [4.69, 9.17) is 10.8 Å². The highest BCUT2D eigenvalue weighted by molar-refractivity contribution is 5.78. The van der Waals surface area contributed by atoms with Crippen LogP contribution in [0.4, 0.5) is 0 Å². The number of aromatic hydroxyl groups is 1. The molecule has 3 nitrogen and oxygen atoms in total.